The molecule has 1 aromatic carbocycles. The number of nitrogens with zero attached hydrogens (tertiary/aromatic N) is 3. The molecule has 0 radical (unpaired) electrons. The molecule has 3 rings (SSSR count). The van der Waals surface area contributed by atoms with Crippen molar-refractivity contribution in [1.82, 2.24) is 13.9 Å². The van der Waals surface area contributed by atoms with Crippen molar-refractivity contribution in [3.8, 4) is 5.75 Å². The number of hydrogen-bond donors (Lipinski definition) is 0. The van der Waals surface area contributed by atoms with Gasteiger partial charge in [0.2, 0.25) is 10.0 Å². The summed E-state index contributed by atoms with van der Waals surface area (Å²) in [5, 5.41) is 0. The molecule has 0 unspecified atom stereocenters. The van der Waals surface area contributed by atoms with E-state index in [2.05, 4.69) is 16.5 Å². The number of rotatable bonds is 7. The number of ether oxygens (including phenoxy) is 1. The summed E-state index contributed by atoms with van der Waals surface area (Å²) in [7, 11) is -3.43. The zero-order valence-electron chi connectivity index (χ0n) is 15.5. The molecule has 0 amide bonds. The molecule has 0 atom stereocenters. The molecule has 7 heteroatoms. The number of aryl methyl sites for hydroxylation is 1. The lowest BCUT2D eigenvalue weighted by Crippen LogP contribution is -2.39. The van der Waals surface area contributed by atoms with Crippen LogP contribution in [-0.2, 0) is 23.0 Å². The van der Waals surface area contributed by atoms with E-state index in [1.807, 2.05) is 19.3 Å². The molecule has 1 fully saturated rings. The topological polar surface area (TPSA) is 64.4 Å². The first-order chi connectivity index (χ1) is 12.5. The number of hydrogen-bond acceptors (Lipinski definition) is 4. The molecule has 0 N–H and O–H groups in total. The number of piperidine rings is 1. The van der Waals surface area contributed by atoms with Gasteiger partial charge in [0.15, 0.2) is 0 Å². The maximum atomic E-state index is 12.9. The summed E-state index contributed by atoms with van der Waals surface area (Å²) in [6, 6.07) is 6.69. The molecule has 0 bridgehead atoms. The second-order valence-corrected chi connectivity index (χ2v) is 8.54. The molecule has 1 aliphatic heterocycles. The highest BCUT2D eigenvalue weighted by Gasteiger charge is 2.29. The van der Waals surface area contributed by atoms with Gasteiger partial charge in [0.05, 0.1) is 11.5 Å². The van der Waals surface area contributed by atoms with Crippen molar-refractivity contribution >= 4 is 10.0 Å². The molecule has 6 nitrogen and oxygen atoms in total. The minimum absolute atomic E-state index is 0.335. The highest BCUT2D eigenvalue weighted by Crippen LogP contribution is 2.26. The Bertz CT molecular complexity index is 807. The third-order valence-electron chi connectivity index (χ3n) is 4.92. The van der Waals surface area contributed by atoms with Crippen LogP contribution in [0.3, 0.4) is 0 Å². The molecule has 0 spiro atoms. The average Bonchev–Trinajstić information content (AvgIpc) is 3.10. The van der Waals surface area contributed by atoms with E-state index in [0.717, 1.165) is 31.6 Å². The molecule has 1 aliphatic rings. The minimum Gasteiger partial charge on any atom is -0.494 e. The van der Waals surface area contributed by atoms with E-state index in [9.17, 15) is 8.42 Å². The summed E-state index contributed by atoms with van der Waals surface area (Å²) in [6.45, 7) is 6.62. The SMILES string of the molecule is CCOc1ccc(S(=O)(=O)N2CCC(Cn3ccnc3CC)CC2)cc1. The van der Waals surface area contributed by atoms with Gasteiger partial charge >= 0.3 is 0 Å². The van der Waals surface area contributed by atoms with Gasteiger partial charge in [0.1, 0.15) is 11.6 Å². The second kappa shape index (κ2) is 8.22. The Balaban J connectivity index is 1.61. The Kier molecular flexibility index (Phi) is 5.98. The largest absolute Gasteiger partial charge is 0.494 e. The molecule has 1 saturated heterocycles. The van der Waals surface area contributed by atoms with Gasteiger partial charge in [-0.05, 0) is 49.9 Å². The molecule has 142 valence electrons. The average molecular weight is 378 g/mol. The van der Waals surface area contributed by atoms with Gasteiger partial charge in [-0.2, -0.15) is 4.31 Å². The smallest absolute Gasteiger partial charge is 0.243 e. The van der Waals surface area contributed by atoms with Crippen LogP contribution >= 0.6 is 0 Å². The van der Waals surface area contributed by atoms with E-state index < -0.39 is 10.0 Å². The maximum Gasteiger partial charge on any atom is 0.243 e. The summed E-state index contributed by atoms with van der Waals surface area (Å²) < 4.78 is 34.9. The van der Waals surface area contributed by atoms with Crippen LogP contribution in [0.15, 0.2) is 41.6 Å². The third kappa shape index (κ3) is 4.10. The summed E-state index contributed by atoms with van der Waals surface area (Å²) >= 11 is 0. The molecule has 0 aliphatic carbocycles. The van der Waals surface area contributed by atoms with Gasteiger partial charge < -0.3 is 9.30 Å². The van der Waals surface area contributed by atoms with E-state index in [0.29, 0.717) is 36.3 Å². The molecule has 2 aromatic rings. The fourth-order valence-corrected chi connectivity index (χ4v) is 4.92. The lowest BCUT2D eigenvalue weighted by molar-refractivity contribution is 0.251. The van der Waals surface area contributed by atoms with Gasteiger partial charge in [-0.3, -0.25) is 0 Å². The fraction of sp³-hybridized carbons (Fsp3) is 0.526. The van der Waals surface area contributed by atoms with E-state index in [1.54, 1.807) is 28.6 Å². The van der Waals surface area contributed by atoms with E-state index in [4.69, 9.17) is 4.74 Å². The zero-order valence-corrected chi connectivity index (χ0v) is 16.3. The van der Waals surface area contributed by atoms with Crippen LogP contribution in [0.1, 0.15) is 32.5 Å². The summed E-state index contributed by atoms with van der Waals surface area (Å²) in [6.07, 6.45) is 6.51. The van der Waals surface area contributed by atoms with Gasteiger partial charge in [0.25, 0.3) is 0 Å². The first kappa shape index (κ1) is 18.9. The van der Waals surface area contributed by atoms with Crippen LogP contribution in [0.4, 0.5) is 0 Å². The van der Waals surface area contributed by atoms with Crippen LogP contribution in [0.25, 0.3) is 0 Å². The van der Waals surface area contributed by atoms with Crippen LogP contribution < -0.4 is 4.74 Å². The predicted molar refractivity (Wildman–Crippen MR) is 101 cm³/mol. The van der Waals surface area contributed by atoms with E-state index in [-0.39, 0.29) is 0 Å². The van der Waals surface area contributed by atoms with Crippen molar-refractivity contribution in [3.05, 3.63) is 42.5 Å². The Hall–Kier alpha value is -1.86. The number of sulfonamides is 1. The van der Waals surface area contributed by atoms with Crippen LogP contribution in [0.2, 0.25) is 0 Å². The van der Waals surface area contributed by atoms with Crippen LogP contribution in [0.5, 0.6) is 5.75 Å². The predicted octanol–water partition coefficient (Wildman–Crippen LogP) is 2.95. The van der Waals surface area contributed by atoms with Crippen molar-refractivity contribution in [1.29, 1.82) is 0 Å². The Morgan fingerprint density at radius 2 is 1.85 bits per heavy atom. The number of imidazole rings is 1. The third-order valence-corrected chi connectivity index (χ3v) is 6.83. The van der Waals surface area contributed by atoms with Crippen molar-refractivity contribution in [3.63, 3.8) is 0 Å². The monoisotopic (exact) mass is 377 g/mol. The highest BCUT2D eigenvalue weighted by atomic mass is 32.2. The molecular formula is C19H27N3O3S. The van der Waals surface area contributed by atoms with E-state index >= 15 is 0 Å². The lowest BCUT2D eigenvalue weighted by Gasteiger charge is -2.31. The Labute approximate surface area is 155 Å². The molecule has 0 saturated carbocycles. The summed E-state index contributed by atoms with van der Waals surface area (Å²) in [4.78, 5) is 4.70. The normalized spacial score (nSPS) is 16.7. The van der Waals surface area contributed by atoms with Gasteiger partial charge in [-0.1, -0.05) is 6.92 Å². The van der Waals surface area contributed by atoms with Gasteiger partial charge in [-0.25, -0.2) is 13.4 Å². The standard InChI is InChI=1S/C19H27N3O3S/c1-3-19-20-11-14-21(19)15-16-9-12-22(13-10-16)26(23,24)18-7-5-17(6-8-18)25-4-2/h5-8,11,14,16H,3-4,9-10,12-13,15H2,1-2H3. The van der Waals surface area contributed by atoms with E-state index in [1.165, 1.54) is 0 Å². The summed E-state index contributed by atoms with van der Waals surface area (Å²) in [5.41, 5.74) is 0. The first-order valence-corrected chi connectivity index (χ1v) is 10.7. The van der Waals surface area contributed by atoms with Crippen molar-refractivity contribution < 1.29 is 13.2 Å². The van der Waals surface area contributed by atoms with Crippen LogP contribution in [0, 0.1) is 5.92 Å². The number of benzene rings is 1. The first-order valence-electron chi connectivity index (χ1n) is 9.27. The van der Waals surface area contributed by atoms with Crippen molar-refractivity contribution in [2.24, 2.45) is 5.92 Å². The molecule has 26 heavy (non-hydrogen) atoms. The Morgan fingerprint density at radius 1 is 1.15 bits per heavy atom. The highest BCUT2D eigenvalue weighted by molar-refractivity contribution is 7.89. The van der Waals surface area contributed by atoms with Gasteiger partial charge in [0, 0.05) is 38.4 Å². The molecule has 1 aromatic heterocycles. The minimum atomic E-state index is -3.43. The lowest BCUT2D eigenvalue weighted by atomic mass is 9.98. The number of aromatic nitrogens is 2. The van der Waals surface area contributed by atoms with Crippen molar-refractivity contribution in [2.75, 3.05) is 19.7 Å². The van der Waals surface area contributed by atoms with Crippen molar-refractivity contribution in [2.45, 2.75) is 44.6 Å². The Morgan fingerprint density at radius 3 is 2.46 bits per heavy atom. The quantitative estimate of drug-likeness (QED) is 0.744. The second-order valence-electron chi connectivity index (χ2n) is 6.60. The maximum absolute atomic E-state index is 12.9. The molecular weight excluding hydrogens is 350 g/mol. The van der Waals surface area contributed by atoms with Gasteiger partial charge in [-0.15, -0.1) is 0 Å². The molecule has 2 heterocycles. The van der Waals surface area contributed by atoms with Crippen LogP contribution in [-0.4, -0.2) is 42.0 Å². The fourth-order valence-electron chi connectivity index (χ4n) is 3.45. The zero-order chi connectivity index (χ0) is 18.6. The summed E-state index contributed by atoms with van der Waals surface area (Å²) in [5.74, 6) is 2.27.